The van der Waals surface area contributed by atoms with Gasteiger partial charge in [0, 0.05) is 13.1 Å². The maximum absolute atomic E-state index is 12.3. The Kier molecular flexibility index (Phi) is 4.74. The lowest BCUT2D eigenvalue weighted by Crippen LogP contribution is -2.69. The zero-order valence-corrected chi connectivity index (χ0v) is 16.6. The number of carbonyl (C=O) groups is 2. The summed E-state index contributed by atoms with van der Waals surface area (Å²) < 4.78 is 28.8. The first-order valence-corrected chi connectivity index (χ1v) is 10.6. The van der Waals surface area contributed by atoms with E-state index in [0.717, 1.165) is 5.56 Å². The van der Waals surface area contributed by atoms with Crippen LogP contribution >= 0.6 is 0 Å². The number of benzene rings is 1. The van der Waals surface area contributed by atoms with Gasteiger partial charge in [0.15, 0.2) is 16.4 Å². The SMILES string of the molecule is CC(C)(C)c1ccc(OCC(=O)N2CC3(C2)C(C(=O)O)CCS3(=O)=O)cc1. The molecule has 1 unspecified atom stereocenters. The Balaban J connectivity index is 1.59. The summed E-state index contributed by atoms with van der Waals surface area (Å²) in [5, 5.41) is 9.31. The van der Waals surface area contributed by atoms with Crippen molar-refractivity contribution in [3.63, 3.8) is 0 Å². The number of carboxylic acid groups (broad SMARTS) is 1. The Hall–Kier alpha value is -2.09. The summed E-state index contributed by atoms with van der Waals surface area (Å²) in [5.41, 5.74) is 1.17. The van der Waals surface area contributed by atoms with Crippen LogP contribution in [0, 0.1) is 5.92 Å². The second-order valence-corrected chi connectivity index (χ2v) is 10.8. The summed E-state index contributed by atoms with van der Waals surface area (Å²) in [6.45, 7) is 5.96. The van der Waals surface area contributed by atoms with Gasteiger partial charge < -0.3 is 14.7 Å². The number of hydrogen-bond acceptors (Lipinski definition) is 5. The van der Waals surface area contributed by atoms with Crippen molar-refractivity contribution in [2.45, 2.75) is 37.4 Å². The number of rotatable bonds is 4. The van der Waals surface area contributed by atoms with Crippen LogP contribution in [0.25, 0.3) is 0 Å². The van der Waals surface area contributed by atoms with Crippen LogP contribution in [0.15, 0.2) is 24.3 Å². The molecule has 148 valence electrons. The quantitative estimate of drug-likeness (QED) is 0.828. The zero-order chi connectivity index (χ0) is 20.0. The van der Waals surface area contributed by atoms with Crippen molar-refractivity contribution in [2.24, 2.45) is 5.92 Å². The maximum atomic E-state index is 12.3. The number of hydrogen-bond donors (Lipinski definition) is 1. The molecular weight excluding hydrogens is 370 g/mol. The minimum atomic E-state index is -3.51. The molecule has 1 N–H and O–H groups in total. The zero-order valence-electron chi connectivity index (χ0n) is 15.8. The molecule has 0 aromatic heterocycles. The smallest absolute Gasteiger partial charge is 0.308 e. The third kappa shape index (κ3) is 3.42. The number of aliphatic carboxylic acids is 1. The van der Waals surface area contributed by atoms with Crippen molar-refractivity contribution >= 4 is 21.7 Å². The minimum absolute atomic E-state index is 0.0216. The Morgan fingerprint density at radius 1 is 1.22 bits per heavy atom. The Bertz CT molecular complexity index is 847. The number of sulfone groups is 1. The van der Waals surface area contributed by atoms with E-state index in [2.05, 4.69) is 20.8 Å². The predicted molar refractivity (Wildman–Crippen MR) is 99.5 cm³/mol. The van der Waals surface area contributed by atoms with Crippen LogP contribution in [-0.4, -0.2) is 60.5 Å². The Morgan fingerprint density at radius 2 is 1.81 bits per heavy atom. The van der Waals surface area contributed by atoms with E-state index in [1.807, 2.05) is 12.1 Å². The second kappa shape index (κ2) is 6.51. The number of nitrogens with zero attached hydrogens (tertiary/aromatic N) is 1. The van der Waals surface area contributed by atoms with E-state index in [9.17, 15) is 23.1 Å². The molecule has 2 fully saturated rings. The van der Waals surface area contributed by atoms with Crippen molar-refractivity contribution in [3.05, 3.63) is 29.8 Å². The van der Waals surface area contributed by atoms with Crippen molar-refractivity contribution < 1.29 is 27.9 Å². The standard InChI is InChI=1S/C19H25NO6S/c1-18(2,3)13-4-6-14(7-5-13)26-10-16(21)20-11-19(12-20)15(17(22)23)8-9-27(19,24)25/h4-7,15H,8-12H2,1-3H3,(H,22,23). The van der Waals surface area contributed by atoms with Crippen LogP contribution < -0.4 is 4.74 Å². The molecule has 7 nitrogen and oxygen atoms in total. The van der Waals surface area contributed by atoms with E-state index in [4.69, 9.17) is 4.74 Å². The normalized spacial score (nSPS) is 23.1. The first kappa shape index (κ1) is 19.7. The van der Waals surface area contributed by atoms with Crippen molar-refractivity contribution in [2.75, 3.05) is 25.4 Å². The molecule has 2 aliphatic heterocycles. The van der Waals surface area contributed by atoms with Gasteiger partial charge in [-0.3, -0.25) is 9.59 Å². The molecule has 0 saturated carbocycles. The third-order valence-corrected chi connectivity index (χ3v) is 8.13. The lowest BCUT2D eigenvalue weighted by Gasteiger charge is -2.48. The van der Waals surface area contributed by atoms with Crippen LogP contribution in [0.2, 0.25) is 0 Å². The van der Waals surface area contributed by atoms with Gasteiger partial charge in [0.05, 0.1) is 11.7 Å². The van der Waals surface area contributed by atoms with Crippen molar-refractivity contribution in [1.29, 1.82) is 0 Å². The average Bonchev–Trinajstić information content (AvgIpc) is 2.82. The molecule has 0 aliphatic carbocycles. The molecule has 1 atom stereocenters. The number of carboxylic acids is 1. The van der Waals surface area contributed by atoms with Gasteiger partial charge in [-0.2, -0.15) is 0 Å². The summed E-state index contributed by atoms with van der Waals surface area (Å²) in [7, 11) is -3.51. The van der Waals surface area contributed by atoms with E-state index in [1.54, 1.807) is 12.1 Å². The van der Waals surface area contributed by atoms with Gasteiger partial charge >= 0.3 is 5.97 Å². The molecule has 1 aromatic carbocycles. The van der Waals surface area contributed by atoms with Gasteiger partial charge in [0.25, 0.3) is 5.91 Å². The molecular formula is C19H25NO6S. The molecule has 0 bridgehead atoms. The van der Waals surface area contributed by atoms with Crippen LogP contribution in [0.5, 0.6) is 5.75 Å². The third-order valence-electron chi connectivity index (χ3n) is 5.58. The minimum Gasteiger partial charge on any atom is -0.484 e. The van der Waals surface area contributed by atoms with Gasteiger partial charge in [-0.05, 0) is 29.5 Å². The maximum Gasteiger partial charge on any atom is 0.308 e. The highest BCUT2D eigenvalue weighted by molar-refractivity contribution is 7.93. The molecule has 0 radical (unpaired) electrons. The van der Waals surface area contributed by atoms with E-state index < -0.39 is 26.5 Å². The highest BCUT2D eigenvalue weighted by Gasteiger charge is 2.64. The Morgan fingerprint density at radius 3 is 2.33 bits per heavy atom. The first-order valence-electron chi connectivity index (χ1n) is 8.92. The topological polar surface area (TPSA) is 101 Å². The lowest BCUT2D eigenvalue weighted by atomic mass is 9.83. The van der Waals surface area contributed by atoms with Crippen molar-refractivity contribution in [3.8, 4) is 5.75 Å². The van der Waals surface area contributed by atoms with Crippen LogP contribution in [0.1, 0.15) is 32.8 Å². The predicted octanol–water partition coefficient (Wildman–Crippen LogP) is 1.46. The molecule has 2 aliphatic rings. The molecule has 27 heavy (non-hydrogen) atoms. The monoisotopic (exact) mass is 395 g/mol. The van der Waals surface area contributed by atoms with Gasteiger partial charge in [-0.15, -0.1) is 0 Å². The van der Waals surface area contributed by atoms with E-state index >= 15 is 0 Å². The van der Waals surface area contributed by atoms with E-state index in [0.29, 0.717) is 5.75 Å². The summed E-state index contributed by atoms with van der Waals surface area (Å²) in [6, 6.07) is 7.49. The highest BCUT2D eigenvalue weighted by Crippen LogP contribution is 2.44. The average molecular weight is 395 g/mol. The van der Waals surface area contributed by atoms with E-state index in [-0.39, 0.29) is 43.2 Å². The van der Waals surface area contributed by atoms with Gasteiger partial charge in [0.1, 0.15) is 10.5 Å². The molecule has 2 saturated heterocycles. The number of ether oxygens (including phenoxy) is 1. The molecule has 1 aromatic rings. The second-order valence-electron chi connectivity index (χ2n) is 8.38. The van der Waals surface area contributed by atoms with Gasteiger partial charge in [-0.25, -0.2) is 8.42 Å². The fraction of sp³-hybridized carbons (Fsp3) is 0.579. The molecule has 1 amide bonds. The first-order chi connectivity index (χ1) is 12.5. The number of likely N-dealkylation sites (tertiary alicyclic amines) is 1. The Labute approximate surface area is 159 Å². The summed E-state index contributed by atoms with van der Waals surface area (Å²) in [5.74, 6) is -1.98. The van der Waals surface area contributed by atoms with E-state index in [1.165, 1.54) is 4.90 Å². The summed E-state index contributed by atoms with van der Waals surface area (Å²) >= 11 is 0. The molecule has 2 heterocycles. The van der Waals surface area contributed by atoms with Gasteiger partial charge in [0.2, 0.25) is 0 Å². The van der Waals surface area contributed by atoms with Crippen LogP contribution in [0.3, 0.4) is 0 Å². The summed E-state index contributed by atoms with van der Waals surface area (Å²) in [4.78, 5) is 25.1. The highest BCUT2D eigenvalue weighted by atomic mass is 32.2. The van der Waals surface area contributed by atoms with Crippen LogP contribution in [0.4, 0.5) is 0 Å². The largest absolute Gasteiger partial charge is 0.484 e. The van der Waals surface area contributed by atoms with Crippen molar-refractivity contribution in [1.82, 2.24) is 4.90 Å². The molecule has 3 rings (SSSR count). The summed E-state index contributed by atoms with van der Waals surface area (Å²) in [6.07, 6.45) is 0.107. The molecule has 8 heteroatoms. The lowest BCUT2D eigenvalue weighted by molar-refractivity contribution is -0.149. The molecule has 1 spiro atoms. The van der Waals surface area contributed by atoms with Crippen LogP contribution in [-0.2, 0) is 24.8 Å². The fourth-order valence-electron chi connectivity index (χ4n) is 3.79. The number of amides is 1. The number of carbonyl (C=O) groups excluding carboxylic acids is 1. The fourth-order valence-corrected chi connectivity index (χ4v) is 6.10. The van der Waals surface area contributed by atoms with Gasteiger partial charge in [-0.1, -0.05) is 32.9 Å².